The molecule has 2 aliphatic rings. The predicted molar refractivity (Wildman–Crippen MR) is 84.0 cm³/mol. The Morgan fingerprint density at radius 2 is 1.91 bits per heavy atom. The molecular weight excluding hydrogens is 302 g/mol. The van der Waals surface area contributed by atoms with E-state index in [-0.39, 0.29) is 6.04 Å². The minimum absolute atomic E-state index is 0.0278. The Balaban J connectivity index is 1.53. The van der Waals surface area contributed by atoms with Crippen LogP contribution in [-0.2, 0) is 9.59 Å². The Bertz CT molecular complexity index is 561. The highest BCUT2D eigenvalue weighted by atomic mass is 32.1. The van der Waals surface area contributed by atoms with E-state index < -0.39 is 11.8 Å². The van der Waals surface area contributed by atoms with E-state index >= 15 is 0 Å². The summed E-state index contributed by atoms with van der Waals surface area (Å²) in [5, 5.41) is 3.57. The lowest BCUT2D eigenvalue weighted by atomic mass is 10.3. The number of amides is 2. The molecule has 1 N–H and O–H groups in total. The van der Waals surface area contributed by atoms with Crippen LogP contribution < -0.4 is 10.2 Å². The SMILES string of the molecule is CC(C)NC(=O)C(=O)N1CCN(c2nc(C3CC3)ns2)CC1. The molecule has 2 amide bonds. The molecule has 2 fully saturated rings. The van der Waals surface area contributed by atoms with Crippen molar-refractivity contribution >= 4 is 28.5 Å². The molecule has 8 heteroatoms. The summed E-state index contributed by atoms with van der Waals surface area (Å²) in [6, 6.07) is -0.0278. The van der Waals surface area contributed by atoms with Crippen LogP contribution in [0.4, 0.5) is 5.13 Å². The van der Waals surface area contributed by atoms with Gasteiger partial charge in [-0.05, 0) is 26.7 Å². The molecule has 1 aliphatic carbocycles. The maximum Gasteiger partial charge on any atom is 0.312 e. The first-order chi connectivity index (χ1) is 10.5. The Labute approximate surface area is 133 Å². The van der Waals surface area contributed by atoms with Crippen LogP contribution in [0.1, 0.15) is 38.4 Å². The van der Waals surface area contributed by atoms with Crippen LogP contribution >= 0.6 is 11.5 Å². The first-order valence-electron chi connectivity index (χ1n) is 7.73. The van der Waals surface area contributed by atoms with Crippen LogP contribution in [0.3, 0.4) is 0 Å². The molecule has 1 saturated carbocycles. The molecule has 0 atom stereocenters. The molecule has 1 aromatic rings. The smallest absolute Gasteiger partial charge is 0.312 e. The van der Waals surface area contributed by atoms with Crippen molar-refractivity contribution in [1.82, 2.24) is 19.6 Å². The van der Waals surface area contributed by atoms with E-state index in [1.54, 1.807) is 4.90 Å². The largest absolute Gasteiger partial charge is 0.346 e. The maximum absolute atomic E-state index is 12.0. The molecule has 0 aromatic carbocycles. The van der Waals surface area contributed by atoms with Crippen LogP contribution in [0.2, 0.25) is 0 Å². The zero-order chi connectivity index (χ0) is 15.7. The van der Waals surface area contributed by atoms with Crippen molar-refractivity contribution in [2.24, 2.45) is 0 Å². The molecule has 1 aromatic heterocycles. The maximum atomic E-state index is 12.0. The summed E-state index contributed by atoms with van der Waals surface area (Å²) in [7, 11) is 0. The standard InChI is InChI=1S/C14H21N5O2S/c1-9(2)15-12(20)13(21)18-5-7-19(8-6-18)14-16-11(17-22-14)10-3-4-10/h9-10H,3-8H2,1-2H3,(H,15,20). The fourth-order valence-electron chi connectivity index (χ4n) is 2.43. The number of carbonyl (C=O) groups excluding carboxylic acids is 2. The van der Waals surface area contributed by atoms with Gasteiger partial charge in [0.2, 0.25) is 5.13 Å². The van der Waals surface area contributed by atoms with Crippen LogP contribution in [0.15, 0.2) is 0 Å². The average Bonchev–Trinajstić information content (AvgIpc) is 3.23. The third-order valence-corrected chi connectivity index (χ3v) is 4.62. The molecule has 0 bridgehead atoms. The molecule has 1 saturated heterocycles. The van der Waals surface area contributed by atoms with Gasteiger partial charge in [-0.1, -0.05) is 0 Å². The molecule has 3 rings (SSSR count). The first-order valence-corrected chi connectivity index (χ1v) is 8.50. The Morgan fingerprint density at radius 3 is 2.50 bits per heavy atom. The number of nitrogens with zero attached hydrogens (tertiary/aromatic N) is 4. The molecular formula is C14H21N5O2S. The van der Waals surface area contributed by atoms with E-state index in [9.17, 15) is 9.59 Å². The lowest BCUT2D eigenvalue weighted by molar-refractivity contribution is -0.146. The number of hydrogen-bond donors (Lipinski definition) is 1. The number of rotatable bonds is 3. The van der Waals surface area contributed by atoms with Crippen molar-refractivity contribution < 1.29 is 9.59 Å². The molecule has 0 spiro atoms. The van der Waals surface area contributed by atoms with Crippen molar-refractivity contribution in [3.05, 3.63) is 5.82 Å². The van der Waals surface area contributed by atoms with Crippen LogP contribution in [0.5, 0.6) is 0 Å². The monoisotopic (exact) mass is 323 g/mol. The molecule has 7 nitrogen and oxygen atoms in total. The summed E-state index contributed by atoms with van der Waals surface area (Å²) < 4.78 is 4.41. The number of aromatic nitrogens is 2. The normalized spacial score (nSPS) is 18.7. The van der Waals surface area contributed by atoms with Gasteiger partial charge in [0.1, 0.15) is 5.82 Å². The summed E-state index contributed by atoms with van der Waals surface area (Å²) in [5.41, 5.74) is 0. The highest BCUT2D eigenvalue weighted by molar-refractivity contribution is 7.09. The molecule has 0 radical (unpaired) electrons. The molecule has 0 unspecified atom stereocenters. The Morgan fingerprint density at radius 1 is 1.23 bits per heavy atom. The minimum Gasteiger partial charge on any atom is -0.346 e. The number of carbonyl (C=O) groups is 2. The van der Waals surface area contributed by atoms with Gasteiger partial charge in [-0.3, -0.25) is 9.59 Å². The summed E-state index contributed by atoms with van der Waals surface area (Å²) in [6.07, 6.45) is 2.40. The van der Waals surface area contributed by atoms with Crippen molar-refractivity contribution in [3.63, 3.8) is 0 Å². The van der Waals surface area contributed by atoms with Gasteiger partial charge >= 0.3 is 11.8 Å². The van der Waals surface area contributed by atoms with E-state index in [4.69, 9.17) is 0 Å². The van der Waals surface area contributed by atoms with E-state index in [1.165, 1.54) is 24.4 Å². The minimum atomic E-state index is -0.518. The second kappa shape index (κ2) is 6.20. The van der Waals surface area contributed by atoms with Crippen molar-refractivity contribution in [3.8, 4) is 0 Å². The van der Waals surface area contributed by atoms with Gasteiger partial charge < -0.3 is 15.1 Å². The summed E-state index contributed by atoms with van der Waals surface area (Å²) >= 11 is 1.43. The van der Waals surface area contributed by atoms with Crippen LogP contribution in [0, 0.1) is 0 Å². The quantitative estimate of drug-likeness (QED) is 0.824. The van der Waals surface area contributed by atoms with E-state index in [0.29, 0.717) is 32.1 Å². The number of anilines is 1. The number of piperazine rings is 1. The van der Waals surface area contributed by atoms with Gasteiger partial charge in [0.15, 0.2) is 0 Å². The van der Waals surface area contributed by atoms with Gasteiger partial charge in [-0.25, -0.2) is 4.98 Å². The average molecular weight is 323 g/mol. The second-order valence-electron chi connectivity index (χ2n) is 6.12. The predicted octanol–water partition coefficient (Wildman–Crippen LogP) is 0.589. The van der Waals surface area contributed by atoms with Gasteiger partial charge in [0, 0.05) is 49.7 Å². The molecule has 1 aliphatic heterocycles. The summed E-state index contributed by atoms with van der Waals surface area (Å²) in [6.45, 7) is 6.16. The highest BCUT2D eigenvalue weighted by Crippen LogP contribution is 2.39. The fourth-order valence-corrected chi connectivity index (χ4v) is 3.23. The number of nitrogens with one attached hydrogen (secondary N) is 1. The summed E-state index contributed by atoms with van der Waals surface area (Å²) in [4.78, 5) is 32.1. The zero-order valence-electron chi connectivity index (χ0n) is 12.9. The van der Waals surface area contributed by atoms with E-state index in [0.717, 1.165) is 11.0 Å². The van der Waals surface area contributed by atoms with E-state index in [1.807, 2.05) is 13.8 Å². The third kappa shape index (κ3) is 3.37. The second-order valence-corrected chi connectivity index (χ2v) is 6.85. The topological polar surface area (TPSA) is 78.4 Å². The van der Waals surface area contributed by atoms with Crippen molar-refractivity contribution in [2.45, 2.75) is 38.6 Å². The van der Waals surface area contributed by atoms with Crippen LogP contribution in [-0.4, -0.2) is 58.3 Å². The molecule has 120 valence electrons. The Kier molecular flexibility index (Phi) is 4.28. The Hall–Kier alpha value is -1.70. The summed E-state index contributed by atoms with van der Waals surface area (Å²) in [5.74, 6) is 0.571. The molecule has 22 heavy (non-hydrogen) atoms. The van der Waals surface area contributed by atoms with Gasteiger partial charge in [-0.2, -0.15) is 4.37 Å². The highest BCUT2D eigenvalue weighted by Gasteiger charge is 2.30. The van der Waals surface area contributed by atoms with E-state index in [2.05, 4.69) is 19.6 Å². The first kappa shape index (κ1) is 15.2. The third-order valence-electron chi connectivity index (χ3n) is 3.82. The van der Waals surface area contributed by atoms with Crippen LogP contribution in [0.25, 0.3) is 0 Å². The lowest BCUT2D eigenvalue weighted by Gasteiger charge is -2.34. The number of hydrogen-bond acceptors (Lipinski definition) is 6. The van der Waals surface area contributed by atoms with Gasteiger partial charge in [0.25, 0.3) is 0 Å². The fraction of sp³-hybridized carbons (Fsp3) is 0.714. The lowest BCUT2D eigenvalue weighted by Crippen LogP contribution is -2.53. The van der Waals surface area contributed by atoms with Gasteiger partial charge in [0.05, 0.1) is 0 Å². The van der Waals surface area contributed by atoms with Crippen molar-refractivity contribution in [2.75, 3.05) is 31.1 Å². The van der Waals surface area contributed by atoms with Gasteiger partial charge in [-0.15, -0.1) is 0 Å². The zero-order valence-corrected chi connectivity index (χ0v) is 13.7. The van der Waals surface area contributed by atoms with Crippen molar-refractivity contribution in [1.29, 1.82) is 0 Å². The molecule has 2 heterocycles.